The van der Waals surface area contributed by atoms with Crippen LogP contribution in [0.4, 0.5) is 13.2 Å². The summed E-state index contributed by atoms with van der Waals surface area (Å²) < 4.78 is 28.8. The first-order valence-corrected chi connectivity index (χ1v) is 31.6. The summed E-state index contributed by atoms with van der Waals surface area (Å²) in [5.74, 6) is 0. The molecule has 0 aliphatic heterocycles. The molecule has 0 aliphatic carbocycles. The summed E-state index contributed by atoms with van der Waals surface area (Å²) in [5, 5.41) is 5.94. The monoisotopic (exact) mass is 1070 g/mol. The van der Waals surface area contributed by atoms with Gasteiger partial charge in [-0.15, -0.1) is 15.8 Å². The van der Waals surface area contributed by atoms with Crippen LogP contribution in [-0.2, 0) is 20.4 Å². The molecule has 5 aromatic carbocycles. The molecule has 0 saturated heterocycles. The van der Waals surface area contributed by atoms with Crippen LogP contribution in [0, 0.1) is 12.7 Å². The molecule has 66 heavy (non-hydrogen) atoms. The number of benzene rings is 5. The van der Waals surface area contributed by atoms with Gasteiger partial charge in [0.25, 0.3) is 0 Å². The molecule has 0 saturated carbocycles. The molecule has 0 nitrogen and oxygen atoms in total. The van der Waals surface area contributed by atoms with Crippen molar-refractivity contribution < 1.29 is 33.6 Å². The number of halogens is 3. The summed E-state index contributed by atoms with van der Waals surface area (Å²) in [5.41, 5.74) is 0. The minimum atomic E-state index is -3.08. The van der Waals surface area contributed by atoms with Crippen molar-refractivity contribution in [3.63, 3.8) is 0 Å². The maximum Gasteiger partial charge on any atom is 2.00 e. The Kier molecular flexibility index (Phi) is 45.7. The fraction of sp³-hybridized carbons (Fsp3) is 0.466. The smallest absolute Gasteiger partial charge is 0.385 e. The van der Waals surface area contributed by atoms with Gasteiger partial charge in [0, 0.05) is 0 Å². The van der Waals surface area contributed by atoms with E-state index in [9.17, 15) is 13.2 Å². The van der Waals surface area contributed by atoms with Crippen molar-refractivity contribution in [3.8, 4) is 0 Å². The zero-order valence-corrected chi connectivity index (χ0v) is 46.7. The van der Waals surface area contributed by atoms with Crippen LogP contribution in [-0.4, -0.2) is 49.3 Å². The Bertz CT molecular complexity index is 1420. The van der Waals surface area contributed by atoms with Gasteiger partial charge in [-0.3, -0.25) is 0 Å². The number of unbranched alkanes of at least 4 members (excludes halogenated alkanes) is 6. The van der Waals surface area contributed by atoms with Crippen molar-refractivity contribution in [1.82, 2.24) is 0 Å². The summed E-state index contributed by atoms with van der Waals surface area (Å²) in [6.07, 6.45) is 30.1. The standard InChI is InChI=1S/C27H26P2.2C12H27P.C6H5.CF3.Pd/c1-5-14-24(15-6-1)28(25-16-7-2-8-17-25)22-13-23-29(26-18-9-3-10-19-26)27-20-11-4-12-21-27;2*1-4-7-10-13(11-8-5-2)12-9-6-3;1-2-4-6-5-3-1;2-1(3)4;/h1-12,14-21H,13,22-23H2;2*4-12H2,1-3H3;1-5H;;/q;;;2*-1;+2. The molecule has 0 unspecified atom stereocenters. The van der Waals surface area contributed by atoms with Crippen LogP contribution in [0.15, 0.2) is 152 Å². The number of rotatable bonds is 26. The van der Waals surface area contributed by atoms with E-state index >= 15 is 0 Å². The Hall–Kier alpha value is -1.73. The van der Waals surface area contributed by atoms with Crippen molar-refractivity contribution in [2.24, 2.45) is 0 Å². The Morgan fingerprint density at radius 2 is 0.545 bits per heavy atom. The molecule has 8 heteroatoms. The summed E-state index contributed by atoms with van der Waals surface area (Å²) in [7, 11) is 0.225. The average Bonchev–Trinajstić information content (AvgIpc) is 3.35. The van der Waals surface area contributed by atoms with Crippen molar-refractivity contribution in [1.29, 1.82) is 0 Å². The van der Waals surface area contributed by atoms with Gasteiger partial charge in [-0.05, 0) is 131 Å². The maximum atomic E-state index is 9.58. The molecule has 0 N–H and O–H groups in total. The molecule has 0 heterocycles. The predicted octanol–water partition coefficient (Wildman–Crippen LogP) is 18.2. The van der Waals surface area contributed by atoms with Crippen molar-refractivity contribution in [2.45, 2.75) is 125 Å². The zero-order valence-electron chi connectivity index (χ0n) is 41.5. The zero-order chi connectivity index (χ0) is 47.4. The molecular formula is C58H85F3P4Pd. The van der Waals surface area contributed by atoms with Gasteiger partial charge in [-0.1, -0.05) is 201 Å². The molecule has 5 rings (SSSR count). The van der Waals surface area contributed by atoms with E-state index in [2.05, 4.69) is 169 Å². The first-order valence-electron chi connectivity index (χ1n) is 24.8. The Morgan fingerprint density at radius 1 is 0.333 bits per heavy atom. The molecule has 0 atom stereocenters. The van der Waals surface area contributed by atoms with Gasteiger partial charge in [0.15, 0.2) is 6.68 Å². The number of hydrogen-bond acceptors (Lipinski definition) is 0. The Morgan fingerprint density at radius 3 is 0.712 bits per heavy atom. The molecular weight excluding hydrogens is 984 g/mol. The molecule has 368 valence electrons. The maximum absolute atomic E-state index is 9.58. The van der Waals surface area contributed by atoms with Crippen molar-refractivity contribution in [3.05, 3.63) is 164 Å². The van der Waals surface area contributed by atoms with Crippen LogP contribution in [0.1, 0.15) is 125 Å². The molecule has 0 radical (unpaired) electrons. The second kappa shape index (κ2) is 47.0. The van der Waals surface area contributed by atoms with E-state index in [0.29, 0.717) is 15.8 Å². The van der Waals surface area contributed by atoms with E-state index in [-0.39, 0.29) is 36.3 Å². The van der Waals surface area contributed by atoms with Crippen LogP contribution in [0.5, 0.6) is 0 Å². The first kappa shape index (κ1) is 64.3. The second-order valence-corrected chi connectivity index (χ2v) is 26.1. The Labute approximate surface area is 422 Å². The first-order chi connectivity index (χ1) is 31.8. The Balaban J connectivity index is 0.000000953. The van der Waals surface area contributed by atoms with Crippen LogP contribution in [0.25, 0.3) is 0 Å². The van der Waals surface area contributed by atoms with Gasteiger partial charge in [0.2, 0.25) is 0 Å². The largest absolute Gasteiger partial charge is 2.00 e. The minimum Gasteiger partial charge on any atom is -0.385 e. The van der Waals surface area contributed by atoms with Crippen molar-refractivity contribution in [2.75, 3.05) is 49.3 Å². The number of hydrogen-bond donors (Lipinski definition) is 0. The average molecular weight is 1070 g/mol. The van der Waals surface area contributed by atoms with Crippen LogP contribution < -0.4 is 21.2 Å². The molecule has 0 bridgehead atoms. The van der Waals surface area contributed by atoms with Crippen LogP contribution in [0.2, 0.25) is 0 Å². The van der Waals surface area contributed by atoms with Crippen LogP contribution >= 0.6 is 31.7 Å². The molecule has 0 aliphatic rings. The van der Waals surface area contributed by atoms with Crippen molar-refractivity contribution >= 4 is 52.9 Å². The third kappa shape index (κ3) is 34.5. The van der Waals surface area contributed by atoms with E-state index in [4.69, 9.17) is 0 Å². The van der Waals surface area contributed by atoms with E-state index in [1.807, 2.05) is 30.3 Å². The molecule has 5 aromatic rings. The molecule has 0 spiro atoms. The van der Waals surface area contributed by atoms with Gasteiger partial charge in [0.05, 0.1) is 0 Å². The van der Waals surface area contributed by atoms with Gasteiger partial charge >= 0.3 is 20.4 Å². The van der Waals surface area contributed by atoms with Gasteiger partial charge in [-0.25, -0.2) is 0 Å². The summed E-state index contributed by atoms with van der Waals surface area (Å²) in [6, 6.07) is 56.8. The van der Waals surface area contributed by atoms with E-state index in [1.165, 1.54) is 117 Å². The minimum absolute atomic E-state index is 0. The van der Waals surface area contributed by atoms with E-state index in [1.54, 1.807) is 37.0 Å². The summed E-state index contributed by atoms with van der Waals surface area (Å²) in [6.45, 7) is 10.8. The second-order valence-electron chi connectivity index (χ2n) is 16.1. The van der Waals surface area contributed by atoms with E-state index < -0.39 is 6.68 Å². The van der Waals surface area contributed by atoms with Crippen LogP contribution in [0.3, 0.4) is 0 Å². The predicted molar refractivity (Wildman–Crippen MR) is 297 cm³/mol. The third-order valence-electron chi connectivity index (χ3n) is 10.6. The SMILES string of the molecule is CCCCP(CCCC)CCCC.CCCCP(CCCC)CCCC.F[C-](F)F.[Pd+2].[c-]1ccccc1.c1ccc(P(CCCP(c2ccccc2)c2ccccc2)c2ccccc2)cc1. The van der Waals surface area contributed by atoms with Gasteiger partial charge < -0.3 is 13.2 Å². The molecule has 0 amide bonds. The summed E-state index contributed by atoms with van der Waals surface area (Å²) in [4.78, 5) is 0. The topological polar surface area (TPSA) is 0 Å². The fourth-order valence-corrected chi connectivity index (χ4v) is 17.8. The summed E-state index contributed by atoms with van der Waals surface area (Å²) >= 11 is 0. The van der Waals surface area contributed by atoms with E-state index in [0.717, 1.165) is 0 Å². The normalized spacial score (nSPS) is 10.5. The quantitative estimate of drug-likeness (QED) is 0.0294. The fourth-order valence-electron chi connectivity index (χ4n) is 6.94. The third-order valence-corrected chi connectivity index (χ3v) is 21.5. The van der Waals surface area contributed by atoms with Gasteiger partial charge in [-0.2, -0.15) is 36.4 Å². The molecule has 0 fully saturated rings. The van der Waals surface area contributed by atoms with Gasteiger partial charge in [0.1, 0.15) is 0 Å². The molecule has 0 aromatic heterocycles.